The molecule has 1 aromatic carbocycles. The molecular formula is C14H11ClFN3O3S2. The Balaban J connectivity index is 1.86. The van der Waals surface area contributed by atoms with Gasteiger partial charge in [0.2, 0.25) is 11.7 Å². The van der Waals surface area contributed by atoms with E-state index >= 15 is 0 Å². The highest BCUT2D eigenvalue weighted by atomic mass is 35.5. The molecule has 0 aliphatic heterocycles. The zero-order valence-corrected chi connectivity index (χ0v) is 14.7. The van der Waals surface area contributed by atoms with Gasteiger partial charge in [-0.25, -0.2) is 12.8 Å². The Hall–Kier alpha value is -1.97. The van der Waals surface area contributed by atoms with Crippen molar-refractivity contribution in [3.63, 3.8) is 0 Å². The fraction of sp³-hybridized carbons (Fsp3) is 0.143. The number of aryl methyl sites for hydroxylation is 1. The number of hydrogen-bond donors (Lipinski definition) is 1. The molecule has 0 aliphatic carbocycles. The first-order valence-corrected chi connectivity index (χ1v) is 9.52. The molecule has 1 N–H and O–H groups in total. The van der Waals surface area contributed by atoms with Crippen molar-refractivity contribution in [2.24, 2.45) is 0 Å². The number of halogens is 2. The molecule has 0 saturated carbocycles. The minimum atomic E-state index is -3.83. The predicted molar refractivity (Wildman–Crippen MR) is 89.2 cm³/mol. The second-order valence-corrected chi connectivity index (χ2v) is 7.98. The molecule has 2 heterocycles. The summed E-state index contributed by atoms with van der Waals surface area (Å²) in [5, 5.41) is 5.26. The van der Waals surface area contributed by atoms with Gasteiger partial charge in [-0.1, -0.05) is 23.7 Å². The lowest BCUT2D eigenvalue weighted by Gasteiger charge is -2.06. The lowest BCUT2D eigenvalue weighted by Crippen LogP contribution is -2.11. The second kappa shape index (κ2) is 6.50. The summed E-state index contributed by atoms with van der Waals surface area (Å²) in [5.41, 5.74) is 0.713. The van der Waals surface area contributed by atoms with E-state index < -0.39 is 15.8 Å². The largest absolute Gasteiger partial charge is 0.339 e. The molecule has 0 fully saturated rings. The molecule has 3 aromatic rings. The Kier molecular flexibility index (Phi) is 4.57. The van der Waals surface area contributed by atoms with Crippen molar-refractivity contribution in [1.29, 1.82) is 0 Å². The van der Waals surface area contributed by atoms with Crippen LogP contribution in [0.25, 0.3) is 11.4 Å². The van der Waals surface area contributed by atoms with E-state index in [0.717, 1.165) is 17.4 Å². The molecule has 2 aromatic heterocycles. The van der Waals surface area contributed by atoms with Crippen LogP contribution in [0.15, 0.2) is 38.4 Å². The average molecular weight is 388 g/mol. The molecule has 0 radical (unpaired) electrons. The van der Waals surface area contributed by atoms with Crippen molar-refractivity contribution in [1.82, 2.24) is 10.1 Å². The summed E-state index contributed by atoms with van der Waals surface area (Å²) in [6.07, 6.45) is 0.592. The van der Waals surface area contributed by atoms with E-state index in [1.165, 1.54) is 18.2 Å². The number of anilines is 1. The number of benzene rings is 1. The van der Waals surface area contributed by atoms with Crippen molar-refractivity contribution in [2.45, 2.75) is 17.6 Å². The number of rotatable bonds is 5. The van der Waals surface area contributed by atoms with E-state index in [1.807, 2.05) is 6.92 Å². The van der Waals surface area contributed by atoms with Crippen molar-refractivity contribution in [2.75, 3.05) is 4.72 Å². The molecule has 3 rings (SSSR count). The van der Waals surface area contributed by atoms with E-state index in [9.17, 15) is 12.8 Å². The van der Waals surface area contributed by atoms with Crippen LogP contribution >= 0.6 is 22.9 Å². The maximum Gasteiger partial charge on any atom is 0.271 e. The minimum absolute atomic E-state index is 0.0702. The molecule has 6 nitrogen and oxygen atoms in total. The van der Waals surface area contributed by atoms with Crippen LogP contribution in [0.1, 0.15) is 12.8 Å². The summed E-state index contributed by atoms with van der Waals surface area (Å²) in [6.45, 7) is 1.87. The van der Waals surface area contributed by atoms with E-state index in [2.05, 4.69) is 14.9 Å². The van der Waals surface area contributed by atoms with Gasteiger partial charge in [0.15, 0.2) is 0 Å². The van der Waals surface area contributed by atoms with Crippen molar-refractivity contribution < 1.29 is 17.3 Å². The smallest absolute Gasteiger partial charge is 0.271 e. The van der Waals surface area contributed by atoms with E-state index in [4.69, 9.17) is 16.1 Å². The Morgan fingerprint density at radius 3 is 2.83 bits per heavy atom. The fourth-order valence-corrected chi connectivity index (χ4v) is 4.24. The average Bonchev–Trinajstić information content (AvgIpc) is 3.19. The summed E-state index contributed by atoms with van der Waals surface area (Å²) >= 11 is 6.67. The minimum Gasteiger partial charge on any atom is -0.339 e. The topological polar surface area (TPSA) is 85.1 Å². The Morgan fingerprint density at radius 1 is 1.38 bits per heavy atom. The van der Waals surface area contributed by atoms with Crippen molar-refractivity contribution in [3.8, 4) is 11.4 Å². The van der Waals surface area contributed by atoms with E-state index in [0.29, 0.717) is 23.7 Å². The van der Waals surface area contributed by atoms with E-state index in [1.54, 1.807) is 5.38 Å². The molecule has 0 atom stereocenters. The quantitative estimate of drug-likeness (QED) is 0.716. The monoisotopic (exact) mass is 387 g/mol. The molecule has 0 amide bonds. The van der Waals surface area contributed by atoms with Gasteiger partial charge in [-0.3, -0.25) is 4.72 Å². The molecule has 10 heteroatoms. The number of aromatic nitrogens is 2. The lowest BCUT2D eigenvalue weighted by molar-refractivity contribution is 0.383. The van der Waals surface area contributed by atoms with E-state index in [-0.39, 0.29) is 14.9 Å². The highest BCUT2D eigenvalue weighted by molar-refractivity contribution is 7.94. The van der Waals surface area contributed by atoms with Gasteiger partial charge in [-0.05, 0) is 24.3 Å². The lowest BCUT2D eigenvalue weighted by atomic mass is 10.3. The highest BCUT2D eigenvalue weighted by Crippen LogP contribution is 2.29. The molecule has 0 aliphatic rings. The maximum absolute atomic E-state index is 13.1. The summed E-state index contributed by atoms with van der Waals surface area (Å²) in [5.74, 6) is 0.177. The Bertz CT molecular complexity index is 985. The van der Waals surface area contributed by atoms with Gasteiger partial charge in [0.25, 0.3) is 10.0 Å². The van der Waals surface area contributed by atoms with Gasteiger partial charge in [-0.15, -0.1) is 11.3 Å². The van der Waals surface area contributed by atoms with Gasteiger partial charge in [0.1, 0.15) is 10.0 Å². The summed E-state index contributed by atoms with van der Waals surface area (Å²) in [6, 6.07) is 5.03. The molecular weight excluding hydrogens is 377 g/mol. The molecule has 0 saturated heterocycles. The Labute approximate surface area is 146 Å². The fourth-order valence-electron chi connectivity index (χ4n) is 1.86. The van der Waals surface area contributed by atoms with Crippen LogP contribution in [-0.4, -0.2) is 18.6 Å². The maximum atomic E-state index is 13.1. The van der Waals surface area contributed by atoms with Crippen LogP contribution in [0.2, 0.25) is 5.02 Å². The first kappa shape index (κ1) is 16.9. The number of sulfonamides is 1. The Morgan fingerprint density at radius 2 is 2.17 bits per heavy atom. The van der Waals surface area contributed by atoms with Gasteiger partial charge < -0.3 is 4.52 Å². The molecule has 0 bridgehead atoms. The molecule has 126 valence electrons. The van der Waals surface area contributed by atoms with Crippen LogP contribution < -0.4 is 4.72 Å². The highest BCUT2D eigenvalue weighted by Gasteiger charge is 2.19. The van der Waals surface area contributed by atoms with Gasteiger partial charge in [0, 0.05) is 17.4 Å². The third kappa shape index (κ3) is 3.42. The van der Waals surface area contributed by atoms with Crippen molar-refractivity contribution in [3.05, 3.63) is 46.4 Å². The zero-order chi connectivity index (χ0) is 17.3. The van der Waals surface area contributed by atoms with Crippen molar-refractivity contribution >= 4 is 38.6 Å². The molecule has 0 spiro atoms. The van der Waals surface area contributed by atoms with Crippen LogP contribution in [0.4, 0.5) is 10.1 Å². The first-order chi connectivity index (χ1) is 11.4. The van der Waals surface area contributed by atoms with Crippen LogP contribution in [0.5, 0.6) is 0 Å². The molecule has 24 heavy (non-hydrogen) atoms. The van der Waals surface area contributed by atoms with Gasteiger partial charge >= 0.3 is 0 Å². The summed E-state index contributed by atoms with van der Waals surface area (Å²) in [4.78, 5) is 4.15. The zero-order valence-electron chi connectivity index (χ0n) is 12.3. The van der Waals surface area contributed by atoms with Gasteiger partial charge in [-0.2, -0.15) is 4.98 Å². The second-order valence-electron chi connectivity index (χ2n) is 4.75. The standard InChI is InChI=1S/C14H11ClFN3O3S2/c1-2-12-17-14(18-22-12)8-5-13(23-7-8)24(20,21)19-9-3-4-11(16)10(15)6-9/h3-7,19H,2H2,1H3. The summed E-state index contributed by atoms with van der Waals surface area (Å²) < 4.78 is 45.4. The van der Waals surface area contributed by atoms with Crippen LogP contribution in [0.3, 0.4) is 0 Å². The van der Waals surface area contributed by atoms with Gasteiger partial charge in [0.05, 0.1) is 10.7 Å². The third-order valence-electron chi connectivity index (χ3n) is 3.04. The first-order valence-electron chi connectivity index (χ1n) is 6.78. The number of nitrogens with zero attached hydrogens (tertiary/aromatic N) is 2. The third-order valence-corrected chi connectivity index (χ3v) is 6.15. The molecule has 0 unspecified atom stereocenters. The SMILES string of the molecule is CCc1nc(-c2csc(S(=O)(=O)Nc3ccc(F)c(Cl)c3)c2)no1. The predicted octanol–water partition coefficient (Wildman–Crippen LogP) is 3.95. The number of thiophene rings is 1. The van der Waals surface area contributed by atoms with Crippen LogP contribution in [0, 0.1) is 5.82 Å². The number of hydrogen-bond acceptors (Lipinski definition) is 6. The van der Waals surface area contributed by atoms with Crippen LogP contribution in [-0.2, 0) is 16.4 Å². The normalized spacial score (nSPS) is 11.6. The number of nitrogens with one attached hydrogen (secondary N) is 1. The summed E-state index contributed by atoms with van der Waals surface area (Å²) in [7, 11) is -3.83.